The van der Waals surface area contributed by atoms with Gasteiger partial charge < -0.3 is 15.0 Å². The van der Waals surface area contributed by atoms with Crippen molar-refractivity contribution >= 4 is 23.0 Å². The minimum atomic E-state index is 0.192. The first kappa shape index (κ1) is 18.4. The second-order valence-electron chi connectivity index (χ2n) is 6.33. The van der Waals surface area contributed by atoms with Crippen molar-refractivity contribution in [3.8, 4) is 17.2 Å². The summed E-state index contributed by atoms with van der Waals surface area (Å²) in [5, 5.41) is 13.0. The average molecular weight is 366 g/mol. The Hall–Kier alpha value is -2.42. The van der Waals surface area contributed by atoms with Gasteiger partial charge in [-0.05, 0) is 36.7 Å². The van der Waals surface area contributed by atoms with E-state index in [1.165, 1.54) is 0 Å². The van der Waals surface area contributed by atoms with Crippen molar-refractivity contribution in [1.82, 2.24) is 4.90 Å². The lowest BCUT2D eigenvalue weighted by atomic mass is 10.0. The Kier molecular flexibility index (Phi) is 6.59. The number of nitriles is 1. The Morgan fingerprint density at radius 2 is 1.96 bits per heavy atom. The molecule has 0 bridgehead atoms. The summed E-state index contributed by atoms with van der Waals surface area (Å²) in [5.74, 6) is 0. The highest BCUT2D eigenvalue weighted by molar-refractivity contribution is 7.80. The van der Waals surface area contributed by atoms with Gasteiger partial charge in [0.15, 0.2) is 5.11 Å². The number of nitrogens with zero attached hydrogens (tertiary/aromatic N) is 2. The van der Waals surface area contributed by atoms with E-state index < -0.39 is 0 Å². The molecule has 1 fully saturated rings. The zero-order valence-corrected chi connectivity index (χ0v) is 15.5. The normalized spacial score (nSPS) is 16.0. The van der Waals surface area contributed by atoms with Crippen LogP contribution in [0.2, 0.25) is 0 Å². The molecule has 0 spiro atoms. The van der Waals surface area contributed by atoms with Crippen molar-refractivity contribution in [2.75, 3.05) is 25.0 Å². The van der Waals surface area contributed by atoms with E-state index in [9.17, 15) is 0 Å². The van der Waals surface area contributed by atoms with Crippen LogP contribution >= 0.6 is 12.2 Å². The van der Waals surface area contributed by atoms with Crippen LogP contribution in [-0.2, 0) is 4.74 Å². The maximum atomic E-state index is 8.97. The van der Waals surface area contributed by atoms with E-state index in [0.717, 1.165) is 42.8 Å². The van der Waals surface area contributed by atoms with Crippen LogP contribution in [-0.4, -0.2) is 35.8 Å². The van der Waals surface area contributed by atoms with Gasteiger partial charge in [-0.25, -0.2) is 0 Å². The molecule has 2 aromatic carbocycles. The number of benzene rings is 2. The van der Waals surface area contributed by atoms with Gasteiger partial charge in [-0.3, -0.25) is 0 Å². The van der Waals surface area contributed by atoms with E-state index in [4.69, 9.17) is 22.2 Å². The molecule has 1 aliphatic rings. The number of ether oxygens (including phenoxy) is 1. The minimum absolute atomic E-state index is 0.192. The predicted molar refractivity (Wildman–Crippen MR) is 109 cm³/mol. The summed E-state index contributed by atoms with van der Waals surface area (Å²) in [5.41, 5.74) is 3.21. The molecular formula is C21H23N3OS. The summed E-state index contributed by atoms with van der Waals surface area (Å²) in [4.78, 5) is 2.05. The fraction of sp³-hybridized carbons (Fsp3) is 0.333. The van der Waals surface area contributed by atoms with Crippen molar-refractivity contribution in [3.05, 3.63) is 54.6 Å². The third-order valence-corrected chi connectivity index (χ3v) is 4.84. The van der Waals surface area contributed by atoms with Gasteiger partial charge in [0.1, 0.15) is 0 Å². The largest absolute Gasteiger partial charge is 0.376 e. The van der Waals surface area contributed by atoms with Gasteiger partial charge in [0.25, 0.3) is 0 Å². The van der Waals surface area contributed by atoms with Crippen LogP contribution in [0.25, 0.3) is 11.1 Å². The predicted octanol–water partition coefficient (Wildman–Crippen LogP) is 4.45. The summed E-state index contributed by atoms with van der Waals surface area (Å²) >= 11 is 5.66. The van der Waals surface area contributed by atoms with Crippen molar-refractivity contribution in [2.45, 2.75) is 25.4 Å². The Morgan fingerprint density at radius 3 is 2.69 bits per heavy atom. The fourth-order valence-corrected chi connectivity index (χ4v) is 3.43. The zero-order valence-electron chi connectivity index (χ0n) is 14.7. The van der Waals surface area contributed by atoms with E-state index >= 15 is 0 Å². The van der Waals surface area contributed by atoms with Crippen LogP contribution in [0.15, 0.2) is 54.6 Å². The molecule has 134 valence electrons. The molecule has 3 rings (SSSR count). The standard InChI is InChI=1S/C21H23N3OS/c22-13-7-14-24(16-18-10-6-15-25-18)21(26)23-20-12-5-4-11-19(20)17-8-2-1-3-9-17/h1-5,8-9,11-12,18H,6-7,10,14-16H2,(H,23,26). The van der Waals surface area contributed by atoms with Crippen LogP contribution in [0.3, 0.4) is 0 Å². The third kappa shape index (κ3) is 4.81. The number of para-hydroxylation sites is 1. The molecule has 26 heavy (non-hydrogen) atoms. The Bertz CT molecular complexity index is 766. The SMILES string of the molecule is N#CCCN(CC1CCCO1)C(=S)Nc1ccccc1-c1ccccc1. The molecule has 0 aliphatic carbocycles. The summed E-state index contributed by atoms with van der Waals surface area (Å²) < 4.78 is 5.74. The molecule has 1 unspecified atom stereocenters. The third-order valence-electron chi connectivity index (χ3n) is 4.48. The van der Waals surface area contributed by atoms with Crippen molar-refractivity contribution in [2.24, 2.45) is 0 Å². The lowest BCUT2D eigenvalue weighted by Gasteiger charge is -2.28. The summed E-state index contributed by atoms with van der Waals surface area (Å²) in [6, 6.07) is 20.6. The summed E-state index contributed by atoms with van der Waals surface area (Å²) in [6.45, 7) is 2.14. The lowest BCUT2D eigenvalue weighted by Crippen LogP contribution is -2.40. The molecule has 1 aliphatic heterocycles. The average Bonchev–Trinajstić information content (AvgIpc) is 3.19. The highest BCUT2D eigenvalue weighted by Gasteiger charge is 2.21. The molecule has 1 N–H and O–H groups in total. The second kappa shape index (κ2) is 9.33. The number of hydrogen-bond donors (Lipinski definition) is 1. The monoisotopic (exact) mass is 365 g/mol. The van der Waals surface area contributed by atoms with E-state index in [0.29, 0.717) is 18.1 Å². The van der Waals surface area contributed by atoms with Gasteiger partial charge in [-0.15, -0.1) is 0 Å². The Labute approximate surface area is 160 Å². The second-order valence-corrected chi connectivity index (χ2v) is 6.72. The summed E-state index contributed by atoms with van der Waals surface area (Å²) in [6.07, 6.45) is 2.77. The molecule has 5 heteroatoms. The van der Waals surface area contributed by atoms with E-state index in [2.05, 4.69) is 34.5 Å². The van der Waals surface area contributed by atoms with Crippen molar-refractivity contribution < 1.29 is 4.74 Å². The van der Waals surface area contributed by atoms with Crippen LogP contribution in [0.1, 0.15) is 19.3 Å². The topological polar surface area (TPSA) is 48.3 Å². The number of anilines is 1. The number of hydrogen-bond acceptors (Lipinski definition) is 3. The molecule has 4 nitrogen and oxygen atoms in total. The lowest BCUT2D eigenvalue weighted by molar-refractivity contribution is 0.0922. The van der Waals surface area contributed by atoms with Crippen LogP contribution < -0.4 is 5.32 Å². The first-order valence-electron chi connectivity index (χ1n) is 8.97. The molecule has 1 saturated heterocycles. The van der Waals surface area contributed by atoms with Crippen molar-refractivity contribution in [1.29, 1.82) is 5.26 Å². The molecule has 0 radical (unpaired) electrons. The zero-order chi connectivity index (χ0) is 18.2. The van der Waals surface area contributed by atoms with Gasteiger partial charge >= 0.3 is 0 Å². The molecule has 1 atom stereocenters. The van der Waals surface area contributed by atoms with Gasteiger partial charge in [-0.2, -0.15) is 5.26 Å². The van der Waals surface area contributed by atoms with Gasteiger partial charge in [0.05, 0.1) is 18.6 Å². The Morgan fingerprint density at radius 1 is 1.19 bits per heavy atom. The van der Waals surface area contributed by atoms with Gasteiger partial charge in [0, 0.05) is 30.9 Å². The van der Waals surface area contributed by atoms with Crippen LogP contribution in [0.4, 0.5) is 5.69 Å². The highest BCUT2D eigenvalue weighted by Crippen LogP contribution is 2.28. The maximum absolute atomic E-state index is 8.97. The Balaban J connectivity index is 1.75. The number of rotatable bonds is 6. The van der Waals surface area contributed by atoms with Crippen LogP contribution in [0, 0.1) is 11.3 Å². The number of thiocarbonyl (C=S) groups is 1. The molecule has 1 heterocycles. The van der Waals surface area contributed by atoms with Crippen molar-refractivity contribution in [3.63, 3.8) is 0 Å². The smallest absolute Gasteiger partial charge is 0.173 e. The van der Waals surface area contributed by atoms with Gasteiger partial charge in [-0.1, -0.05) is 48.5 Å². The van der Waals surface area contributed by atoms with E-state index in [1.54, 1.807) is 0 Å². The fourth-order valence-electron chi connectivity index (χ4n) is 3.15. The first-order chi connectivity index (χ1) is 12.8. The highest BCUT2D eigenvalue weighted by atomic mass is 32.1. The minimum Gasteiger partial charge on any atom is -0.376 e. The maximum Gasteiger partial charge on any atom is 0.173 e. The molecule has 2 aromatic rings. The quantitative estimate of drug-likeness (QED) is 0.767. The first-order valence-corrected chi connectivity index (χ1v) is 9.37. The van der Waals surface area contributed by atoms with E-state index in [-0.39, 0.29) is 6.10 Å². The molecule has 0 amide bonds. The molecular weight excluding hydrogens is 342 g/mol. The van der Waals surface area contributed by atoms with Gasteiger partial charge in [0.2, 0.25) is 0 Å². The van der Waals surface area contributed by atoms with E-state index in [1.807, 2.05) is 36.4 Å². The number of nitrogens with one attached hydrogen (secondary N) is 1. The molecule has 0 aromatic heterocycles. The molecule has 0 saturated carbocycles. The van der Waals surface area contributed by atoms with Crippen LogP contribution in [0.5, 0.6) is 0 Å². The summed E-state index contributed by atoms with van der Waals surface area (Å²) in [7, 11) is 0.